The second-order valence-corrected chi connectivity index (χ2v) is 10.3. The van der Waals surface area contributed by atoms with E-state index in [1.54, 1.807) is 27.6 Å². The van der Waals surface area contributed by atoms with Crippen LogP contribution in [-0.4, -0.2) is 48.3 Å². The third-order valence-corrected chi connectivity index (χ3v) is 7.52. The predicted octanol–water partition coefficient (Wildman–Crippen LogP) is 1.36. The number of alkyl halides is 3. The van der Waals surface area contributed by atoms with E-state index >= 15 is 0 Å². The standard InChI is InChI=1S/C14H24N3O2S.CHF3O3S/c1-15-10-11-17(12-15)20(18,19)16-8-6-14(7-9-16)13-4-2-3-5-13;2-1(3,4)8(5,6)7/h10-14H,2-9H2,1H3;(H,5,6,7)/q+1;/p-1. The highest BCUT2D eigenvalue weighted by molar-refractivity contribution is 7.87. The molecular weight excluding hydrogens is 423 g/mol. The van der Waals surface area contributed by atoms with E-state index in [-0.39, 0.29) is 0 Å². The van der Waals surface area contributed by atoms with Crippen LogP contribution >= 0.6 is 0 Å². The number of hydrogen-bond acceptors (Lipinski definition) is 5. The summed E-state index contributed by atoms with van der Waals surface area (Å²) in [7, 11) is -7.62. The van der Waals surface area contributed by atoms with Crippen LogP contribution < -0.4 is 4.57 Å². The first kappa shape index (κ1) is 23.1. The van der Waals surface area contributed by atoms with Gasteiger partial charge in [0, 0.05) is 13.1 Å². The summed E-state index contributed by atoms with van der Waals surface area (Å²) in [6.45, 7) is 1.34. The quantitative estimate of drug-likeness (QED) is 0.395. The number of piperidine rings is 1. The summed E-state index contributed by atoms with van der Waals surface area (Å²) in [5.74, 6) is 1.59. The van der Waals surface area contributed by atoms with Crippen molar-refractivity contribution in [2.45, 2.75) is 44.0 Å². The number of rotatable bonds is 3. The molecule has 1 saturated heterocycles. The topological polar surface area (TPSA) is 103 Å². The van der Waals surface area contributed by atoms with Crippen LogP contribution in [0, 0.1) is 11.8 Å². The molecule has 1 aromatic heterocycles. The van der Waals surface area contributed by atoms with Crippen molar-refractivity contribution in [3.63, 3.8) is 0 Å². The van der Waals surface area contributed by atoms with Crippen LogP contribution in [0.15, 0.2) is 18.7 Å². The van der Waals surface area contributed by atoms with Crippen molar-refractivity contribution in [3.8, 4) is 0 Å². The molecule has 8 nitrogen and oxygen atoms in total. The zero-order valence-corrected chi connectivity index (χ0v) is 17.0. The van der Waals surface area contributed by atoms with Crippen molar-refractivity contribution < 1.29 is 39.1 Å². The smallest absolute Gasteiger partial charge is 0.485 e. The van der Waals surface area contributed by atoms with Gasteiger partial charge in [-0.15, -0.1) is 3.97 Å². The normalized spacial score (nSPS) is 20.8. The lowest BCUT2D eigenvalue weighted by atomic mass is 9.84. The van der Waals surface area contributed by atoms with Gasteiger partial charge in [0.2, 0.25) is 0 Å². The first-order valence-electron chi connectivity index (χ1n) is 8.88. The van der Waals surface area contributed by atoms with Gasteiger partial charge >= 0.3 is 15.7 Å². The number of aromatic nitrogens is 2. The highest BCUT2D eigenvalue weighted by Crippen LogP contribution is 2.37. The van der Waals surface area contributed by atoms with E-state index in [4.69, 9.17) is 13.0 Å². The Morgan fingerprint density at radius 2 is 1.46 bits per heavy atom. The van der Waals surface area contributed by atoms with Crippen molar-refractivity contribution in [2.24, 2.45) is 18.9 Å². The molecule has 2 fully saturated rings. The summed E-state index contributed by atoms with van der Waals surface area (Å²) in [4.78, 5) is 0. The fourth-order valence-electron chi connectivity index (χ4n) is 3.70. The first-order chi connectivity index (χ1) is 12.8. The van der Waals surface area contributed by atoms with Crippen LogP contribution in [0.2, 0.25) is 0 Å². The summed E-state index contributed by atoms with van der Waals surface area (Å²) in [5.41, 5.74) is -5.65. The SMILES string of the molecule is C[n+]1ccn(S(=O)(=O)N2CCC(C3CCCC3)CC2)c1.O=S(=O)([O-])C(F)(F)F. The fourth-order valence-corrected chi connectivity index (χ4v) is 5.12. The molecule has 0 radical (unpaired) electrons. The molecule has 13 heteroatoms. The molecule has 0 amide bonds. The average Bonchev–Trinajstić information content (AvgIpc) is 3.25. The largest absolute Gasteiger partial charge is 0.741 e. The monoisotopic (exact) mass is 447 g/mol. The fraction of sp³-hybridized carbons (Fsp3) is 0.800. The van der Waals surface area contributed by atoms with Crippen LogP contribution in [0.3, 0.4) is 0 Å². The molecule has 28 heavy (non-hydrogen) atoms. The molecule has 1 aromatic rings. The second-order valence-electron chi connectivity index (χ2n) is 7.10. The van der Waals surface area contributed by atoms with Gasteiger partial charge in [-0.05, 0) is 24.7 Å². The molecule has 1 aliphatic carbocycles. The van der Waals surface area contributed by atoms with E-state index < -0.39 is 25.8 Å². The van der Waals surface area contributed by atoms with Gasteiger partial charge in [-0.3, -0.25) is 0 Å². The molecular formula is C15H24F3N3O5S2. The maximum atomic E-state index is 12.5. The molecule has 3 rings (SSSR count). The first-order valence-corrected chi connectivity index (χ1v) is 11.7. The Morgan fingerprint density at radius 3 is 1.86 bits per heavy atom. The minimum atomic E-state index is -6.09. The molecule has 0 atom stereocenters. The van der Waals surface area contributed by atoms with Gasteiger partial charge in [0.1, 0.15) is 12.4 Å². The van der Waals surface area contributed by atoms with Gasteiger partial charge in [0.15, 0.2) is 10.1 Å². The molecule has 2 aliphatic rings. The van der Waals surface area contributed by atoms with Gasteiger partial charge < -0.3 is 4.55 Å². The summed E-state index contributed by atoms with van der Waals surface area (Å²) in [5, 5.41) is 0. The maximum absolute atomic E-state index is 12.5. The molecule has 162 valence electrons. The van der Waals surface area contributed by atoms with Crippen LogP contribution in [-0.2, 0) is 27.4 Å². The number of nitrogens with zero attached hydrogens (tertiary/aromatic N) is 3. The van der Waals surface area contributed by atoms with Crippen molar-refractivity contribution >= 4 is 20.3 Å². The third kappa shape index (κ3) is 5.67. The molecule has 0 N–H and O–H groups in total. The van der Waals surface area contributed by atoms with Crippen LogP contribution in [0.25, 0.3) is 0 Å². The van der Waals surface area contributed by atoms with Gasteiger partial charge in [-0.2, -0.15) is 25.9 Å². The molecule has 1 aliphatic heterocycles. The minimum Gasteiger partial charge on any atom is -0.741 e. The van der Waals surface area contributed by atoms with Crippen molar-refractivity contribution in [3.05, 3.63) is 18.7 Å². The zero-order valence-electron chi connectivity index (χ0n) is 15.4. The zero-order chi connectivity index (χ0) is 21.2. The van der Waals surface area contributed by atoms with E-state index in [0.29, 0.717) is 13.1 Å². The van der Waals surface area contributed by atoms with Gasteiger partial charge in [0.05, 0.1) is 7.05 Å². The maximum Gasteiger partial charge on any atom is 0.485 e. The van der Waals surface area contributed by atoms with Gasteiger partial charge in [0.25, 0.3) is 6.33 Å². The molecule has 2 heterocycles. The molecule has 0 aromatic carbocycles. The number of imidazole rings is 1. The lowest BCUT2D eigenvalue weighted by Crippen LogP contribution is -2.42. The van der Waals surface area contributed by atoms with Crippen LogP contribution in [0.4, 0.5) is 13.2 Å². The van der Waals surface area contributed by atoms with Crippen molar-refractivity contribution in [2.75, 3.05) is 13.1 Å². The third-order valence-electron chi connectivity index (χ3n) is 5.19. The average molecular weight is 448 g/mol. The van der Waals surface area contributed by atoms with E-state index in [9.17, 15) is 21.6 Å². The lowest BCUT2D eigenvalue weighted by molar-refractivity contribution is -0.670. The summed E-state index contributed by atoms with van der Waals surface area (Å²) < 4.78 is 88.6. The number of aryl methyl sites for hydroxylation is 1. The van der Waals surface area contributed by atoms with Gasteiger partial charge in [-0.25, -0.2) is 13.0 Å². The Morgan fingerprint density at radius 1 is 1.00 bits per heavy atom. The van der Waals surface area contributed by atoms with Crippen molar-refractivity contribution in [1.29, 1.82) is 0 Å². The van der Waals surface area contributed by atoms with E-state index in [1.165, 1.54) is 29.7 Å². The molecule has 0 bridgehead atoms. The minimum absolute atomic E-state index is 0.672. The second kappa shape index (κ2) is 8.67. The molecule has 0 unspecified atom stereocenters. The Bertz CT molecular complexity index is 854. The Hall–Kier alpha value is -1.18. The van der Waals surface area contributed by atoms with E-state index in [1.807, 2.05) is 7.05 Å². The van der Waals surface area contributed by atoms with Gasteiger partial charge in [-0.1, -0.05) is 25.7 Å². The lowest BCUT2D eigenvalue weighted by Gasteiger charge is -2.32. The highest BCUT2D eigenvalue weighted by atomic mass is 32.2. The highest BCUT2D eigenvalue weighted by Gasteiger charge is 2.37. The van der Waals surface area contributed by atoms with Crippen molar-refractivity contribution in [1.82, 2.24) is 8.28 Å². The summed E-state index contributed by atoms with van der Waals surface area (Å²) >= 11 is 0. The summed E-state index contributed by atoms with van der Waals surface area (Å²) in [6.07, 6.45) is 12.5. The van der Waals surface area contributed by atoms with Crippen LogP contribution in [0.5, 0.6) is 0 Å². The van der Waals surface area contributed by atoms with E-state index in [0.717, 1.165) is 24.7 Å². The van der Waals surface area contributed by atoms with E-state index in [2.05, 4.69) is 0 Å². The Labute approximate surface area is 162 Å². The Balaban J connectivity index is 0.000000300. The van der Waals surface area contributed by atoms with Crippen LogP contribution in [0.1, 0.15) is 38.5 Å². The summed E-state index contributed by atoms with van der Waals surface area (Å²) in [6, 6.07) is 0. The molecule has 0 spiro atoms. The number of halogens is 3. The predicted molar refractivity (Wildman–Crippen MR) is 91.9 cm³/mol. The molecule has 1 saturated carbocycles. The Kier molecular flexibility index (Phi) is 7.16. The number of hydrogen-bond donors (Lipinski definition) is 0.